The first-order valence-corrected chi connectivity index (χ1v) is 24.4. The first-order valence-electron chi connectivity index (χ1n) is 21.5. The van der Waals surface area contributed by atoms with E-state index in [9.17, 15) is 14.7 Å². The molecule has 0 aliphatic carbocycles. The highest BCUT2D eigenvalue weighted by Crippen LogP contribution is 2.60. The van der Waals surface area contributed by atoms with E-state index in [2.05, 4.69) is 31.6 Å². The Hall–Kier alpha value is -4.80. The van der Waals surface area contributed by atoms with Crippen LogP contribution in [0.3, 0.4) is 0 Å². The number of fused-ring (bicyclic) bond motifs is 2. The molecule has 3 unspecified atom stereocenters. The van der Waals surface area contributed by atoms with Crippen molar-refractivity contribution in [3.63, 3.8) is 0 Å². The van der Waals surface area contributed by atoms with Gasteiger partial charge < -0.3 is 40.1 Å². The zero-order chi connectivity index (χ0) is 42.0. The summed E-state index contributed by atoms with van der Waals surface area (Å²) in [6.45, 7) is 8.75. The molecule has 4 aromatic rings. The molecule has 5 N–H and O–H groups in total. The monoisotopic (exact) mass is 836 g/mol. The summed E-state index contributed by atoms with van der Waals surface area (Å²) >= 11 is 0. The molecular formula is C45H57FN8O5Si. The van der Waals surface area contributed by atoms with Crippen LogP contribution in [0.4, 0.5) is 21.2 Å². The van der Waals surface area contributed by atoms with Crippen molar-refractivity contribution in [1.82, 2.24) is 25.6 Å². The van der Waals surface area contributed by atoms with E-state index in [0.717, 1.165) is 49.9 Å². The van der Waals surface area contributed by atoms with Crippen LogP contribution in [0.5, 0.6) is 0 Å². The first kappa shape index (κ1) is 41.9. The number of hydrogen-bond donors (Lipinski definition) is 5. The lowest BCUT2D eigenvalue weighted by atomic mass is 9.82. The zero-order valence-electron chi connectivity index (χ0n) is 34.7. The fourth-order valence-corrected chi connectivity index (χ4v) is 12.6. The van der Waals surface area contributed by atoms with Gasteiger partial charge in [0.25, 0.3) is 5.91 Å². The van der Waals surface area contributed by atoms with E-state index in [-0.39, 0.29) is 48.6 Å². The van der Waals surface area contributed by atoms with Gasteiger partial charge in [0.05, 0.1) is 48.4 Å². The summed E-state index contributed by atoms with van der Waals surface area (Å²) < 4.78 is 25.5. The maximum atomic E-state index is 16.8. The topological polar surface area (TPSA) is 163 Å². The van der Waals surface area contributed by atoms with Crippen molar-refractivity contribution < 1.29 is 28.3 Å². The van der Waals surface area contributed by atoms with Crippen LogP contribution in [0.1, 0.15) is 67.3 Å². The summed E-state index contributed by atoms with van der Waals surface area (Å²) in [5.41, 5.74) is 2.75. The lowest BCUT2D eigenvalue weighted by molar-refractivity contribution is -0.146. The second-order valence-electron chi connectivity index (χ2n) is 17.5. The molecule has 3 aromatic carbocycles. The number of hydrogen-bond acceptors (Lipinski definition) is 9. The Morgan fingerprint density at radius 1 is 0.967 bits per heavy atom. The number of benzene rings is 3. The average Bonchev–Trinajstić information content (AvgIpc) is 3.91. The van der Waals surface area contributed by atoms with Gasteiger partial charge in [-0.25, -0.2) is 0 Å². The lowest BCUT2D eigenvalue weighted by Gasteiger charge is -2.31. The van der Waals surface area contributed by atoms with Gasteiger partial charge >= 0.3 is 0 Å². The van der Waals surface area contributed by atoms with Crippen molar-refractivity contribution in [1.29, 1.82) is 0 Å². The minimum Gasteiger partial charge on any atom is -0.395 e. The number of carbonyl (C=O) groups excluding carboxylic acids is 3. The summed E-state index contributed by atoms with van der Waals surface area (Å²) in [5.74, 6) is -1.57. The van der Waals surface area contributed by atoms with Crippen LogP contribution in [0.2, 0.25) is 18.6 Å². The molecule has 3 saturated heterocycles. The fourth-order valence-electron chi connectivity index (χ4n) is 10.0. The van der Waals surface area contributed by atoms with Crippen LogP contribution in [0, 0.1) is 17.8 Å². The molecule has 4 aliphatic rings. The van der Waals surface area contributed by atoms with Crippen molar-refractivity contribution in [2.75, 3.05) is 48.3 Å². The highest BCUT2D eigenvalue weighted by Gasteiger charge is 2.66. The van der Waals surface area contributed by atoms with Crippen molar-refractivity contribution in [3.05, 3.63) is 101 Å². The molecule has 0 saturated carbocycles. The number of ether oxygens (including phenoxy) is 1. The highest BCUT2D eigenvalue weighted by atomic mass is 28.4. The van der Waals surface area contributed by atoms with Crippen LogP contribution < -0.4 is 26.2 Å². The van der Waals surface area contributed by atoms with Gasteiger partial charge in [0.15, 0.2) is 5.60 Å². The van der Waals surface area contributed by atoms with Crippen LogP contribution in [0.25, 0.3) is 0 Å². The number of aliphatic hydroxyl groups excluding tert-OH is 1. The molecule has 4 aliphatic heterocycles. The van der Waals surface area contributed by atoms with Crippen molar-refractivity contribution in [2.45, 2.75) is 88.4 Å². The molecule has 8 rings (SSSR count). The van der Waals surface area contributed by atoms with Crippen molar-refractivity contribution >= 4 is 43.2 Å². The zero-order valence-corrected chi connectivity index (χ0v) is 35.7. The van der Waals surface area contributed by atoms with Crippen molar-refractivity contribution in [2.24, 2.45) is 17.8 Å². The highest BCUT2D eigenvalue weighted by molar-refractivity contribution is 6.72. The van der Waals surface area contributed by atoms with Crippen LogP contribution >= 0.6 is 0 Å². The molecule has 0 bridgehead atoms. The lowest BCUT2D eigenvalue weighted by Crippen LogP contribution is -2.45. The van der Waals surface area contributed by atoms with E-state index in [4.69, 9.17) is 4.74 Å². The van der Waals surface area contributed by atoms with Gasteiger partial charge in [-0.1, -0.05) is 54.6 Å². The molecule has 7 atom stereocenters. The molecule has 1 spiro atoms. The van der Waals surface area contributed by atoms with E-state index in [1.165, 1.54) is 0 Å². The SMILES string of the molecule is C[C@H]1[C@H]([Si](C)(C)F)[C@@H](CCn2cc(C(CO)c3ccccc3)nn2)O[C@]12C(=O)N(Cc1cccc(NC(=O)C3CCCNC3)c1)c1ccc(NC(=O)C3CCCNC3)cc12. The normalized spacial score (nSPS) is 25.9. The van der Waals surface area contributed by atoms with E-state index >= 15 is 8.90 Å². The number of carbonyl (C=O) groups is 3. The smallest absolute Gasteiger partial charge is 0.264 e. The average molecular weight is 837 g/mol. The molecule has 0 radical (unpaired) electrons. The minimum atomic E-state index is -3.49. The number of piperidine rings is 2. The third kappa shape index (κ3) is 8.42. The molecule has 3 amide bonds. The van der Waals surface area contributed by atoms with Gasteiger partial charge in [0.1, 0.15) is 0 Å². The number of rotatable bonds is 13. The van der Waals surface area contributed by atoms with Crippen LogP contribution in [0.15, 0.2) is 79.0 Å². The maximum Gasteiger partial charge on any atom is 0.264 e. The number of aryl methyl sites for hydroxylation is 1. The van der Waals surface area contributed by atoms with Gasteiger partial charge in [-0.3, -0.25) is 19.1 Å². The number of aromatic nitrogens is 3. The fraction of sp³-hybridized carbons (Fsp3) is 0.489. The number of halogens is 1. The molecule has 1 aromatic heterocycles. The van der Waals surface area contributed by atoms with Crippen LogP contribution in [-0.2, 0) is 37.8 Å². The molecule has 5 heterocycles. The van der Waals surface area contributed by atoms with E-state index in [1.807, 2.05) is 85.9 Å². The Bertz CT molecular complexity index is 2170. The molecule has 13 nitrogen and oxygen atoms in total. The largest absolute Gasteiger partial charge is 0.395 e. The number of nitrogens with zero attached hydrogens (tertiary/aromatic N) is 4. The Balaban J connectivity index is 1.09. The predicted molar refractivity (Wildman–Crippen MR) is 231 cm³/mol. The molecular weight excluding hydrogens is 780 g/mol. The van der Waals surface area contributed by atoms with Crippen molar-refractivity contribution in [3.8, 4) is 0 Å². The Labute approximate surface area is 352 Å². The van der Waals surface area contributed by atoms with Gasteiger partial charge in [-0.2, -0.15) is 0 Å². The Morgan fingerprint density at radius 2 is 1.65 bits per heavy atom. The third-order valence-electron chi connectivity index (χ3n) is 13.0. The number of anilines is 3. The molecule has 3 fully saturated rings. The summed E-state index contributed by atoms with van der Waals surface area (Å²) in [7, 11) is -3.49. The summed E-state index contributed by atoms with van der Waals surface area (Å²) in [5, 5.41) is 31.8. The number of amides is 3. The second-order valence-corrected chi connectivity index (χ2v) is 21.3. The van der Waals surface area contributed by atoms with Gasteiger partial charge in [-0.15, -0.1) is 5.10 Å². The van der Waals surface area contributed by atoms with Gasteiger partial charge in [0, 0.05) is 54.2 Å². The first-order chi connectivity index (χ1) is 29.0. The van der Waals surface area contributed by atoms with Crippen LogP contribution in [-0.4, -0.2) is 85.1 Å². The Kier molecular flexibility index (Phi) is 12.3. The maximum absolute atomic E-state index is 16.8. The molecule has 15 heteroatoms. The Morgan fingerprint density at radius 3 is 2.28 bits per heavy atom. The van der Waals surface area contributed by atoms with Gasteiger partial charge in [-0.05, 0) is 99.7 Å². The van der Waals surface area contributed by atoms with E-state index < -0.39 is 31.6 Å². The molecule has 60 heavy (non-hydrogen) atoms. The van der Waals surface area contributed by atoms with Gasteiger partial charge in [0.2, 0.25) is 20.2 Å². The minimum absolute atomic E-state index is 0.0331. The second kappa shape index (κ2) is 17.7. The molecule has 318 valence electrons. The number of aliphatic hydroxyl groups is 1. The number of nitrogens with one attached hydrogen (secondary N) is 4. The summed E-state index contributed by atoms with van der Waals surface area (Å²) in [4.78, 5) is 43.6. The predicted octanol–water partition coefficient (Wildman–Crippen LogP) is 5.69. The summed E-state index contributed by atoms with van der Waals surface area (Å²) in [6, 6.07) is 22.7. The third-order valence-corrected chi connectivity index (χ3v) is 15.5. The van der Waals surface area contributed by atoms with E-state index in [0.29, 0.717) is 54.4 Å². The standard InChI is InChI=1S/C45H57FN8O5Si/c1-29-41(60(2,3)46)40(18-21-53-27-38(51-52-53)36(28-55)31-11-5-4-6-12-31)59-45(29)37-23-35(50-43(57)33-14-9-20-48-25-33)16-17-39(37)54(44(45)58)26-30-10-7-15-34(22-30)49-42(56)32-13-8-19-47-24-32/h4-7,10-12,15-17,22-23,27,29,32-33,36,40-41,47-48,55H,8-9,13-14,18-21,24-26,28H2,1-3H3,(H,49,56)(H,50,57)/t29-,32?,33?,36?,40+,41-,45+/m0/s1. The quantitative estimate of drug-likeness (QED) is 0.0842. The van der Waals surface area contributed by atoms with E-state index in [1.54, 1.807) is 22.7 Å². The summed E-state index contributed by atoms with van der Waals surface area (Å²) in [6.07, 6.45) is 5.05.